The first-order chi connectivity index (χ1) is 8.72. The normalized spacial score (nSPS) is 20.1. The molecule has 1 aromatic rings. The van der Waals surface area contributed by atoms with Crippen LogP contribution in [0.3, 0.4) is 0 Å². The van der Waals surface area contributed by atoms with E-state index in [1.54, 1.807) is 0 Å². The van der Waals surface area contributed by atoms with E-state index >= 15 is 0 Å². The molecule has 1 saturated heterocycles. The van der Waals surface area contributed by atoms with E-state index in [1.807, 2.05) is 24.0 Å². The topological polar surface area (TPSA) is 42.7 Å². The van der Waals surface area contributed by atoms with Crippen molar-refractivity contribution in [3.8, 4) is 0 Å². The van der Waals surface area contributed by atoms with Crippen molar-refractivity contribution in [1.82, 2.24) is 4.90 Å². The molecule has 1 aliphatic heterocycles. The molecule has 4 heteroatoms. The van der Waals surface area contributed by atoms with Crippen LogP contribution in [0.1, 0.15) is 43.7 Å². The third kappa shape index (κ3) is 2.93. The molecule has 2 heterocycles. The van der Waals surface area contributed by atoms with Gasteiger partial charge in [0.15, 0.2) is 0 Å². The van der Waals surface area contributed by atoms with Gasteiger partial charge in [-0.25, -0.2) is 0 Å². The van der Waals surface area contributed by atoms with Crippen LogP contribution < -0.4 is 0 Å². The van der Waals surface area contributed by atoms with Crippen molar-refractivity contribution in [2.24, 2.45) is 0 Å². The minimum atomic E-state index is -0.0585. The van der Waals surface area contributed by atoms with Gasteiger partial charge in [-0.05, 0) is 25.5 Å². The van der Waals surface area contributed by atoms with Gasteiger partial charge in [-0.3, -0.25) is 4.79 Å². The Morgan fingerprint density at radius 3 is 3.00 bits per heavy atom. The van der Waals surface area contributed by atoms with Gasteiger partial charge in [-0.2, -0.15) is 0 Å². The first-order valence-electron chi connectivity index (χ1n) is 6.66. The van der Waals surface area contributed by atoms with Crippen molar-refractivity contribution in [2.75, 3.05) is 19.8 Å². The van der Waals surface area contributed by atoms with E-state index in [2.05, 4.69) is 6.92 Å². The molecule has 0 aliphatic carbocycles. The molecular formula is C14H21NO3. The molecule has 0 spiro atoms. The highest BCUT2D eigenvalue weighted by Crippen LogP contribution is 2.26. The fourth-order valence-electron chi connectivity index (χ4n) is 2.24. The molecule has 0 bridgehead atoms. The van der Waals surface area contributed by atoms with Crippen LogP contribution in [0, 0.1) is 6.92 Å². The van der Waals surface area contributed by atoms with Gasteiger partial charge in [0.25, 0.3) is 0 Å². The highest BCUT2D eigenvalue weighted by Gasteiger charge is 2.30. The van der Waals surface area contributed by atoms with Gasteiger partial charge in [0.05, 0.1) is 13.2 Å². The van der Waals surface area contributed by atoms with Gasteiger partial charge in [0.2, 0.25) is 5.91 Å². The maximum atomic E-state index is 12.2. The summed E-state index contributed by atoms with van der Waals surface area (Å²) in [5.41, 5.74) is 0. The summed E-state index contributed by atoms with van der Waals surface area (Å²) in [6, 6.07) is 3.81. The Kier molecular flexibility index (Phi) is 4.42. The van der Waals surface area contributed by atoms with Crippen LogP contribution in [0.5, 0.6) is 0 Å². The van der Waals surface area contributed by atoms with Crippen LogP contribution in [-0.4, -0.2) is 30.6 Å². The van der Waals surface area contributed by atoms with E-state index in [4.69, 9.17) is 9.15 Å². The molecule has 1 fully saturated rings. The number of hydrogen-bond donors (Lipinski definition) is 0. The van der Waals surface area contributed by atoms with Gasteiger partial charge >= 0.3 is 0 Å². The lowest BCUT2D eigenvalue weighted by Crippen LogP contribution is -2.43. The zero-order chi connectivity index (χ0) is 13.0. The Morgan fingerprint density at radius 2 is 2.33 bits per heavy atom. The highest BCUT2D eigenvalue weighted by atomic mass is 16.5. The first-order valence-corrected chi connectivity index (χ1v) is 6.66. The average molecular weight is 251 g/mol. The minimum Gasteiger partial charge on any atom is -0.464 e. The predicted octanol–water partition coefficient (Wildman–Crippen LogP) is 2.68. The maximum absolute atomic E-state index is 12.2. The number of morpholine rings is 1. The van der Waals surface area contributed by atoms with E-state index < -0.39 is 0 Å². The fraction of sp³-hybridized carbons (Fsp3) is 0.643. The summed E-state index contributed by atoms with van der Waals surface area (Å²) >= 11 is 0. The van der Waals surface area contributed by atoms with Gasteiger partial charge in [0, 0.05) is 13.0 Å². The van der Waals surface area contributed by atoms with Crippen LogP contribution in [0.2, 0.25) is 0 Å². The fourth-order valence-corrected chi connectivity index (χ4v) is 2.24. The number of amides is 1. The molecule has 18 heavy (non-hydrogen) atoms. The molecule has 0 saturated carbocycles. The SMILES string of the molecule is CCCCC(=O)N1CCOC[C@@H]1c1ccc(C)o1. The average Bonchev–Trinajstić information content (AvgIpc) is 2.82. The number of carbonyl (C=O) groups excluding carboxylic acids is 1. The van der Waals surface area contributed by atoms with Crippen molar-refractivity contribution in [3.05, 3.63) is 23.7 Å². The molecular weight excluding hydrogens is 230 g/mol. The van der Waals surface area contributed by atoms with Crippen LogP contribution in [0.4, 0.5) is 0 Å². The zero-order valence-corrected chi connectivity index (χ0v) is 11.1. The monoisotopic (exact) mass is 251 g/mol. The van der Waals surface area contributed by atoms with Crippen LogP contribution in [0.15, 0.2) is 16.5 Å². The Labute approximate surface area is 108 Å². The van der Waals surface area contributed by atoms with Gasteiger partial charge < -0.3 is 14.1 Å². The summed E-state index contributed by atoms with van der Waals surface area (Å²) in [6.07, 6.45) is 2.60. The Hall–Kier alpha value is -1.29. The van der Waals surface area contributed by atoms with Crippen LogP contribution >= 0.6 is 0 Å². The summed E-state index contributed by atoms with van der Waals surface area (Å²) in [6.45, 7) is 5.82. The van der Waals surface area contributed by atoms with Crippen molar-refractivity contribution in [3.63, 3.8) is 0 Å². The van der Waals surface area contributed by atoms with Crippen LogP contribution in [0.25, 0.3) is 0 Å². The van der Waals surface area contributed by atoms with E-state index in [1.165, 1.54) is 0 Å². The molecule has 0 N–H and O–H groups in total. The summed E-state index contributed by atoms with van der Waals surface area (Å²) in [5.74, 6) is 1.91. The van der Waals surface area contributed by atoms with Gasteiger partial charge in [-0.1, -0.05) is 13.3 Å². The molecule has 1 amide bonds. The molecule has 1 aromatic heterocycles. The van der Waals surface area contributed by atoms with Crippen molar-refractivity contribution < 1.29 is 13.9 Å². The molecule has 4 nitrogen and oxygen atoms in total. The molecule has 0 unspecified atom stereocenters. The minimum absolute atomic E-state index is 0.0585. The lowest BCUT2D eigenvalue weighted by atomic mass is 10.1. The van der Waals surface area contributed by atoms with E-state index in [-0.39, 0.29) is 11.9 Å². The number of hydrogen-bond acceptors (Lipinski definition) is 3. The van der Waals surface area contributed by atoms with Gasteiger partial charge in [0.1, 0.15) is 17.6 Å². The number of nitrogens with zero attached hydrogens (tertiary/aromatic N) is 1. The second-order valence-corrected chi connectivity index (χ2v) is 4.73. The molecule has 1 aliphatic rings. The second kappa shape index (κ2) is 6.05. The third-order valence-electron chi connectivity index (χ3n) is 3.28. The van der Waals surface area contributed by atoms with Crippen molar-refractivity contribution in [1.29, 1.82) is 0 Å². The standard InChI is InChI=1S/C14H21NO3/c1-3-4-5-14(16)15-8-9-17-10-12(15)13-7-6-11(2)18-13/h6-7,12H,3-5,8-10H2,1-2H3/t12-/m1/s1. The molecule has 1 atom stereocenters. The predicted molar refractivity (Wildman–Crippen MR) is 68.2 cm³/mol. The van der Waals surface area contributed by atoms with E-state index in [0.717, 1.165) is 24.4 Å². The molecule has 100 valence electrons. The molecule has 0 radical (unpaired) electrons. The zero-order valence-electron chi connectivity index (χ0n) is 11.1. The van der Waals surface area contributed by atoms with E-state index in [0.29, 0.717) is 26.2 Å². The lowest BCUT2D eigenvalue weighted by molar-refractivity contribution is -0.141. The summed E-state index contributed by atoms with van der Waals surface area (Å²) < 4.78 is 11.1. The number of aryl methyl sites for hydroxylation is 1. The summed E-state index contributed by atoms with van der Waals surface area (Å²) in [7, 11) is 0. The summed E-state index contributed by atoms with van der Waals surface area (Å²) in [4.78, 5) is 14.1. The molecule has 2 rings (SSSR count). The Morgan fingerprint density at radius 1 is 1.50 bits per heavy atom. The maximum Gasteiger partial charge on any atom is 0.223 e. The quantitative estimate of drug-likeness (QED) is 0.826. The number of unbranched alkanes of at least 4 members (excludes halogenated alkanes) is 1. The smallest absolute Gasteiger partial charge is 0.223 e. The number of carbonyl (C=O) groups is 1. The van der Waals surface area contributed by atoms with E-state index in [9.17, 15) is 4.79 Å². The van der Waals surface area contributed by atoms with Crippen LogP contribution in [-0.2, 0) is 9.53 Å². The lowest BCUT2D eigenvalue weighted by Gasteiger charge is -2.34. The summed E-state index contributed by atoms with van der Waals surface area (Å²) in [5, 5.41) is 0. The second-order valence-electron chi connectivity index (χ2n) is 4.73. The van der Waals surface area contributed by atoms with Crippen molar-refractivity contribution >= 4 is 5.91 Å². The molecule has 0 aromatic carbocycles. The Balaban J connectivity index is 2.08. The Bertz CT molecular complexity index is 399. The number of ether oxygens (including phenoxy) is 1. The number of furan rings is 1. The largest absolute Gasteiger partial charge is 0.464 e. The van der Waals surface area contributed by atoms with Crippen molar-refractivity contribution in [2.45, 2.75) is 39.2 Å². The van der Waals surface area contributed by atoms with Gasteiger partial charge in [-0.15, -0.1) is 0 Å². The third-order valence-corrected chi connectivity index (χ3v) is 3.28. The highest BCUT2D eigenvalue weighted by molar-refractivity contribution is 5.76. The number of rotatable bonds is 4. The first kappa shape index (κ1) is 13.1.